The van der Waals surface area contributed by atoms with Crippen LogP contribution in [0, 0.1) is 0 Å². The maximum atomic E-state index is 12.0. The number of carboxylic acid groups (broad SMARTS) is 1. The molecule has 0 radical (unpaired) electrons. The lowest BCUT2D eigenvalue weighted by Gasteiger charge is -2.15. The lowest BCUT2D eigenvalue weighted by molar-refractivity contribution is -0.139. The van der Waals surface area contributed by atoms with E-state index in [1.165, 1.54) is 11.0 Å². The van der Waals surface area contributed by atoms with Gasteiger partial charge in [-0.2, -0.15) is 0 Å². The summed E-state index contributed by atoms with van der Waals surface area (Å²) in [5, 5.41) is 19.9. The number of unbranched alkanes of at least 4 members (excludes halogenated alkanes) is 6. The van der Waals surface area contributed by atoms with Gasteiger partial charge in [0.15, 0.2) is 5.96 Å². The Hall–Kier alpha value is -3.14. The number of aliphatic imine (C=N–C) groups is 1. The zero-order chi connectivity index (χ0) is 24.5. The quantitative estimate of drug-likeness (QED) is 0.0671. The van der Waals surface area contributed by atoms with Crippen molar-refractivity contribution >= 4 is 23.7 Å². The molecule has 8 N–H and O–H groups in total. The molecule has 10 nitrogen and oxygen atoms in total. The highest BCUT2D eigenvalue weighted by molar-refractivity contribution is 5.87. The van der Waals surface area contributed by atoms with Crippen LogP contribution in [0.5, 0.6) is 0 Å². The van der Waals surface area contributed by atoms with Crippen LogP contribution in [0.3, 0.4) is 0 Å². The molecule has 2 amide bonds. The molecule has 0 aliphatic carbocycles. The van der Waals surface area contributed by atoms with Gasteiger partial charge >= 0.3 is 5.97 Å². The molecule has 1 aromatic rings. The minimum Gasteiger partial charge on any atom is -0.481 e. The number of aryl methyl sites for hydroxylation is 1. The number of nitrogens with two attached hydrogens (primary N) is 2. The van der Waals surface area contributed by atoms with Gasteiger partial charge in [0.25, 0.3) is 5.91 Å². The number of aliphatic carboxylic acids is 1. The van der Waals surface area contributed by atoms with E-state index in [1.54, 1.807) is 0 Å². The topological polar surface area (TPSA) is 180 Å². The number of benzene rings is 1. The lowest BCUT2D eigenvalue weighted by Crippen LogP contribution is -2.46. The Kier molecular flexibility index (Phi) is 13.9. The standard InChI is InChI=1S/C23H37N5O5/c24-23(25)26-16-18-12-9-8-11-17(18)10-6-4-2-1-3-5-7-13-20(29)27-19(22(32)28-33)14-15-21(30)31/h8-9,11-12,19,33H,1-7,10,13-16H2,(H,27,29)(H,28,32)(H,30,31)(H4,24,25,26)/t19-/m1/s1. The largest absolute Gasteiger partial charge is 0.481 e. The van der Waals surface area contributed by atoms with E-state index in [2.05, 4.69) is 16.4 Å². The molecule has 0 bridgehead atoms. The highest BCUT2D eigenvalue weighted by atomic mass is 16.5. The first-order valence-corrected chi connectivity index (χ1v) is 11.4. The number of rotatable bonds is 17. The first-order valence-electron chi connectivity index (χ1n) is 11.4. The molecule has 0 saturated carbocycles. The summed E-state index contributed by atoms with van der Waals surface area (Å²) < 4.78 is 0. The number of hydrogen-bond donors (Lipinski definition) is 6. The zero-order valence-corrected chi connectivity index (χ0v) is 19.1. The number of carbonyl (C=O) groups excluding carboxylic acids is 2. The Morgan fingerprint density at radius 3 is 2.12 bits per heavy atom. The van der Waals surface area contributed by atoms with Crippen LogP contribution in [-0.4, -0.2) is 40.1 Å². The second-order valence-electron chi connectivity index (χ2n) is 8.01. The highest BCUT2D eigenvalue weighted by Crippen LogP contribution is 2.15. The van der Waals surface area contributed by atoms with Gasteiger partial charge in [-0.3, -0.25) is 19.6 Å². The molecule has 0 unspecified atom stereocenters. The maximum absolute atomic E-state index is 12.0. The van der Waals surface area contributed by atoms with Gasteiger partial charge in [0.05, 0.1) is 6.54 Å². The summed E-state index contributed by atoms with van der Waals surface area (Å²) in [5.41, 5.74) is 14.7. The molecule has 1 atom stereocenters. The molecule has 184 valence electrons. The van der Waals surface area contributed by atoms with E-state index in [9.17, 15) is 14.4 Å². The van der Waals surface area contributed by atoms with E-state index in [-0.39, 0.29) is 31.1 Å². The predicted molar refractivity (Wildman–Crippen MR) is 125 cm³/mol. The van der Waals surface area contributed by atoms with E-state index in [4.69, 9.17) is 21.8 Å². The van der Waals surface area contributed by atoms with Crippen LogP contribution in [0.1, 0.15) is 75.3 Å². The second-order valence-corrected chi connectivity index (χ2v) is 8.01. The average Bonchev–Trinajstić information content (AvgIpc) is 2.79. The summed E-state index contributed by atoms with van der Waals surface area (Å²) in [6.45, 7) is 0.497. The third-order valence-electron chi connectivity index (χ3n) is 5.31. The van der Waals surface area contributed by atoms with E-state index in [1.807, 2.05) is 18.2 Å². The van der Waals surface area contributed by atoms with Crippen molar-refractivity contribution in [1.29, 1.82) is 0 Å². The second kappa shape index (κ2) is 16.5. The first-order chi connectivity index (χ1) is 15.8. The van der Waals surface area contributed by atoms with Gasteiger partial charge in [0, 0.05) is 12.8 Å². The van der Waals surface area contributed by atoms with Crippen LogP contribution in [0.4, 0.5) is 0 Å². The molecule has 1 aromatic carbocycles. The average molecular weight is 464 g/mol. The van der Waals surface area contributed by atoms with Gasteiger partial charge in [0.1, 0.15) is 6.04 Å². The molecule has 0 saturated heterocycles. The van der Waals surface area contributed by atoms with E-state index >= 15 is 0 Å². The lowest BCUT2D eigenvalue weighted by atomic mass is 10.00. The third kappa shape index (κ3) is 13.1. The predicted octanol–water partition coefficient (Wildman–Crippen LogP) is 1.98. The zero-order valence-electron chi connectivity index (χ0n) is 19.1. The van der Waals surface area contributed by atoms with Crippen molar-refractivity contribution in [3.8, 4) is 0 Å². The van der Waals surface area contributed by atoms with Crippen LogP contribution in [0.15, 0.2) is 29.3 Å². The Morgan fingerprint density at radius 2 is 1.52 bits per heavy atom. The number of hydrogen-bond acceptors (Lipinski definition) is 5. The summed E-state index contributed by atoms with van der Waals surface area (Å²) in [6, 6.07) is 7.11. The van der Waals surface area contributed by atoms with Crippen LogP contribution < -0.4 is 22.3 Å². The van der Waals surface area contributed by atoms with Crippen LogP contribution >= 0.6 is 0 Å². The Balaban J connectivity index is 2.16. The molecule has 0 heterocycles. The normalized spacial score (nSPS) is 11.4. The Labute approximate surface area is 194 Å². The van der Waals surface area contributed by atoms with E-state index in [0.717, 1.165) is 50.5 Å². The molecular weight excluding hydrogens is 426 g/mol. The number of nitrogens with one attached hydrogen (secondary N) is 2. The van der Waals surface area contributed by atoms with Crippen molar-refractivity contribution in [3.05, 3.63) is 35.4 Å². The molecule has 0 aliphatic heterocycles. The van der Waals surface area contributed by atoms with E-state index < -0.39 is 17.9 Å². The molecule has 33 heavy (non-hydrogen) atoms. The number of hydroxylamine groups is 1. The van der Waals surface area contributed by atoms with Gasteiger partial charge in [0.2, 0.25) is 5.91 Å². The van der Waals surface area contributed by atoms with Crippen LogP contribution in [-0.2, 0) is 27.3 Å². The monoisotopic (exact) mass is 463 g/mol. The molecule has 0 aromatic heterocycles. The van der Waals surface area contributed by atoms with Crippen LogP contribution in [0.2, 0.25) is 0 Å². The van der Waals surface area contributed by atoms with Crippen molar-refractivity contribution in [2.24, 2.45) is 16.5 Å². The number of carbonyl (C=O) groups is 3. The molecule has 0 spiro atoms. The van der Waals surface area contributed by atoms with Gasteiger partial charge in [-0.1, -0.05) is 56.4 Å². The fourth-order valence-electron chi connectivity index (χ4n) is 3.50. The third-order valence-corrected chi connectivity index (χ3v) is 5.31. The number of nitrogens with zero attached hydrogens (tertiary/aromatic N) is 1. The maximum Gasteiger partial charge on any atom is 0.303 e. The molecule has 0 aliphatic rings. The molecule has 0 fully saturated rings. The summed E-state index contributed by atoms with van der Waals surface area (Å²) in [6.07, 6.45) is 7.93. The SMILES string of the molecule is NC(N)=NCc1ccccc1CCCCCCCCCC(=O)N[C@H](CCC(=O)O)C(=O)NO. The van der Waals surface area contributed by atoms with Gasteiger partial charge < -0.3 is 21.9 Å². The van der Waals surface area contributed by atoms with Crippen molar-refractivity contribution in [3.63, 3.8) is 0 Å². The summed E-state index contributed by atoms with van der Waals surface area (Å²) >= 11 is 0. The fraction of sp³-hybridized carbons (Fsp3) is 0.565. The Morgan fingerprint density at radius 1 is 0.909 bits per heavy atom. The summed E-state index contributed by atoms with van der Waals surface area (Å²) in [5.74, 6) is -2.12. The smallest absolute Gasteiger partial charge is 0.303 e. The first kappa shape index (κ1) is 27.9. The molecule has 10 heteroatoms. The van der Waals surface area contributed by atoms with E-state index in [0.29, 0.717) is 13.0 Å². The van der Waals surface area contributed by atoms with Gasteiger partial charge in [-0.15, -0.1) is 0 Å². The van der Waals surface area contributed by atoms with Crippen molar-refractivity contribution in [2.75, 3.05) is 0 Å². The fourth-order valence-corrected chi connectivity index (χ4v) is 3.50. The number of guanidine groups is 1. The molecular formula is C23H37N5O5. The number of amides is 2. The summed E-state index contributed by atoms with van der Waals surface area (Å²) in [4.78, 5) is 38.3. The van der Waals surface area contributed by atoms with Gasteiger partial charge in [-0.25, -0.2) is 10.5 Å². The summed E-state index contributed by atoms with van der Waals surface area (Å²) in [7, 11) is 0. The highest BCUT2D eigenvalue weighted by Gasteiger charge is 2.21. The van der Waals surface area contributed by atoms with Crippen LogP contribution in [0.25, 0.3) is 0 Å². The number of carboxylic acids is 1. The van der Waals surface area contributed by atoms with Gasteiger partial charge in [-0.05, 0) is 36.8 Å². The van der Waals surface area contributed by atoms with Crippen molar-refractivity contribution in [1.82, 2.24) is 10.8 Å². The van der Waals surface area contributed by atoms with Crippen molar-refractivity contribution < 1.29 is 24.7 Å². The molecule has 1 rings (SSSR count). The van der Waals surface area contributed by atoms with Crippen molar-refractivity contribution in [2.45, 2.75) is 83.2 Å². The Bertz CT molecular complexity index is 780. The minimum atomic E-state index is -1.07. The minimum absolute atomic E-state index is 0.0772.